The van der Waals surface area contributed by atoms with E-state index in [2.05, 4.69) is 20.2 Å². The SMILES string of the molecule is Cc1cnc(-c2nnc(C3CCN(C(=O)c4ccccc4F)CC3)o2)cn1. The number of amides is 1. The molecule has 8 heteroatoms. The number of piperidine rings is 1. The van der Waals surface area contributed by atoms with Gasteiger partial charge in [0, 0.05) is 25.2 Å². The predicted molar refractivity (Wildman–Crippen MR) is 94.3 cm³/mol. The highest BCUT2D eigenvalue weighted by atomic mass is 19.1. The van der Waals surface area contributed by atoms with E-state index < -0.39 is 5.82 Å². The van der Waals surface area contributed by atoms with Gasteiger partial charge in [-0.3, -0.25) is 9.78 Å². The van der Waals surface area contributed by atoms with Crippen LogP contribution < -0.4 is 0 Å². The van der Waals surface area contributed by atoms with Crippen LogP contribution in [0.4, 0.5) is 4.39 Å². The zero-order chi connectivity index (χ0) is 18.8. The number of halogens is 1. The third-order valence-corrected chi connectivity index (χ3v) is 4.68. The van der Waals surface area contributed by atoms with Crippen LogP contribution in [0.1, 0.15) is 40.7 Å². The Morgan fingerprint density at radius 1 is 1.15 bits per heavy atom. The lowest BCUT2D eigenvalue weighted by molar-refractivity contribution is 0.0701. The van der Waals surface area contributed by atoms with E-state index in [0.29, 0.717) is 43.4 Å². The molecule has 0 spiro atoms. The molecule has 2 aromatic heterocycles. The van der Waals surface area contributed by atoms with Crippen LogP contribution >= 0.6 is 0 Å². The molecule has 0 bridgehead atoms. The number of aryl methyl sites for hydroxylation is 1. The Morgan fingerprint density at radius 2 is 1.93 bits per heavy atom. The third kappa shape index (κ3) is 3.55. The number of hydrogen-bond acceptors (Lipinski definition) is 6. The van der Waals surface area contributed by atoms with E-state index in [1.165, 1.54) is 12.1 Å². The van der Waals surface area contributed by atoms with Crippen LogP contribution in [-0.4, -0.2) is 44.1 Å². The van der Waals surface area contributed by atoms with Crippen LogP contribution in [-0.2, 0) is 0 Å². The van der Waals surface area contributed by atoms with Crippen molar-refractivity contribution in [2.75, 3.05) is 13.1 Å². The van der Waals surface area contributed by atoms with Gasteiger partial charge in [-0.05, 0) is 31.9 Å². The molecule has 7 nitrogen and oxygen atoms in total. The van der Waals surface area contributed by atoms with Gasteiger partial charge in [-0.1, -0.05) is 12.1 Å². The molecule has 3 heterocycles. The number of likely N-dealkylation sites (tertiary alicyclic amines) is 1. The van der Waals surface area contributed by atoms with E-state index in [1.54, 1.807) is 29.4 Å². The second-order valence-electron chi connectivity index (χ2n) is 6.53. The molecule has 1 fully saturated rings. The quantitative estimate of drug-likeness (QED) is 0.707. The number of carbonyl (C=O) groups excluding carboxylic acids is 1. The summed E-state index contributed by atoms with van der Waals surface area (Å²) in [5.41, 5.74) is 1.45. The summed E-state index contributed by atoms with van der Waals surface area (Å²) in [6.45, 7) is 2.88. The molecule has 0 atom stereocenters. The average molecular weight is 367 g/mol. The van der Waals surface area contributed by atoms with Gasteiger partial charge in [-0.15, -0.1) is 10.2 Å². The van der Waals surface area contributed by atoms with Crippen molar-refractivity contribution in [1.82, 2.24) is 25.1 Å². The highest BCUT2D eigenvalue weighted by molar-refractivity contribution is 5.94. The summed E-state index contributed by atoms with van der Waals surface area (Å²) < 4.78 is 19.6. The van der Waals surface area contributed by atoms with Gasteiger partial charge in [0.2, 0.25) is 5.89 Å². The minimum Gasteiger partial charge on any atom is -0.419 e. The maximum Gasteiger partial charge on any atom is 0.267 e. The molecule has 27 heavy (non-hydrogen) atoms. The summed E-state index contributed by atoms with van der Waals surface area (Å²) in [6.07, 6.45) is 4.61. The molecule has 0 radical (unpaired) electrons. The Kier molecular flexibility index (Phi) is 4.62. The highest BCUT2D eigenvalue weighted by Crippen LogP contribution is 2.29. The van der Waals surface area contributed by atoms with Crippen LogP contribution in [0.2, 0.25) is 0 Å². The fourth-order valence-corrected chi connectivity index (χ4v) is 3.14. The van der Waals surface area contributed by atoms with Crippen molar-refractivity contribution >= 4 is 5.91 Å². The van der Waals surface area contributed by atoms with E-state index in [-0.39, 0.29) is 17.4 Å². The first-order valence-electron chi connectivity index (χ1n) is 8.78. The molecule has 3 aromatic rings. The van der Waals surface area contributed by atoms with Crippen LogP contribution in [0.3, 0.4) is 0 Å². The third-order valence-electron chi connectivity index (χ3n) is 4.68. The number of aromatic nitrogens is 4. The first-order valence-corrected chi connectivity index (χ1v) is 8.78. The van der Waals surface area contributed by atoms with Crippen molar-refractivity contribution in [1.29, 1.82) is 0 Å². The van der Waals surface area contributed by atoms with Gasteiger partial charge in [0.25, 0.3) is 11.8 Å². The summed E-state index contributed by atoms with van der Waals surface area (Å²) in [4.78, 5) is 22.6. The molecule has 0 aliphatic carbocycles. The zero-order valence-corrected chi connectivity index (χ0v) is 14.8. The Labute approximate surface area is 155 Å². The molecular weight excluding hydrogens is 349 g/mol. The standard InChI is InChI=1S/C19H18FN5O2/c1-12-10-22-16(11-21-12)18-24-23-17(27-18)13-6-8-25(9-7-13)19(26)14-4-2-3-5-15(14)20/h2-5,10-11,13H,6-9H2,1H3. The Hall–Kier alpha value is -3.16. The fourth-order valence-electron chi connectivity index (χ4n) is 3.14. The van der Waals surface area contributed by atoms with Gasteiger partial charge in [-0.2, -0.15) is 0 Å². The number of carbonyl (C=O) groups is 1. The normalized spacial score (nSPS) is 15.1. The van der Waals surface area contributed by atoms with E-state index in [4.69, 9.17) is 4.42 Å². The van der Waals surface area contributed by atoms with E-state index in [0.717, 1.165) is 5.69 Å². The summed E-state index contributed by atoms with van der Waals surface area (Å²) in [5, 5.41) is 8.19. The predicted octanol–water partition coefficient (Wildman–Crippen LogP) is 2.99. The maximum absolute atomic E-state index is 13.8. The van der Waals surface area contributed by atoms with Crippen molar-refractivity contribution in [2.24, 2.45) is 0 Å². The van der Waals surface area contributed by atoms with E-state index >= 15 is 0 Å². The van der Waals surface area contributed by atoms with Crippen LogP contribution in [0.25, 0.3) is 11.6 Å². The van der Waals surface area contributed by atoms with Crippen molar-refractivity contribution in [3.05, 3.63) is 59.6 Å². The Bertz CT molecular complexity index is 949. The summed E-state index contributed by atoms with van der Waals surface area (Å²) in [7, 11) is 0. The maximum atomic E-state index is 13.8. The lowest BCUT2D eigenvalue weighted by Gasteiger charge is -2.30. The average Bonchev–Trinajstić information content (AvgIpc) is 3.19. The molecule has 0 N–H and O–H groups in total. The monoisotopic (exact) mass is 367 g/mol. The smallest absolute Gasteiger partial charge is 0.267 e. The fraction of sp³-hybridized carbons (Fsp3) is 0.316. The molecular formula is C19H18FN5O2. The molecule has 4 rings (SSSR count). The minimum absolute atomic E-state index is 0.0642. The number of nitrogens with zero attached hydrogens (tertiary/aromatic N) is 5. The Morgan fingerprint density at radius 3 is 2.63 bits per heavy atom. The van der Waals surface area contributed by atoms with Crippen molar-refractivity contribution < 1.29 is 13.6 Å². The number of hydrogen-bond donors (Lipinski definition) is 0. The van der Waals surface area contributed by atoms with Gasteiger partial charge in [0.1, 0.15) is 11.5 Å². The number of rotatable bonds is 3. The Balaban J connectivity index is 1.42. The molecule has 0 saturated carbocycles. The van der Waals surface area contributed by atoms with Gasteiger partial charge in [0.05, 0.1) is 17.5 Å². The van der Waals surface area contributed by atoms with Gasteiger partial charge in [0.15, 0.2) is 0 Å². The first-order chi connectivity index (χ1) is 13.1. The minimum atomic E-state index is -0.495. The largest absolute Gasteiger partial charge is 0.419 e. The topological polar surface area (TPSA) is 85.0 Å². The van der Waals surface area contributed by atoms with Gasteiger partial charge >= 0.3 is 0 Å². The van der Waals surface area contributed by atoms with Crippen molar-refractivity contribution in [2.45, 2.75) is 25.7 Å². The van der Waals surface area contributed by atoms with Crippen LogP contribution in [0.5, 0.6) is 0 Å². The molecule has 1 aromatic carbocycles. The second kappa shape index (κ2) is 7.22. The molecule has 1 aliphatic heterocycles. The summed E-state index contributed by atoms with van der Waals surface area (Å²) in [5.74, 6) is 0.153. The van der Waals surface area contributed by atoms with E-state index in [1.807, 2.05) is 6.92 Å². The molecule has 0 unspecified atom stereocenters. The number of benzene rings is 1. The van der Waals surface area contributed by atoms with Crippen molar-refractivity contribution in [3.63, 3.8) is 0 Å². The summed E-state index contributed by atoms with van der Waals surface area (Å²) in [6, 6.07) is 6.05. The zero-order valence-electron chi connectivity index (χ0n) is 14.8. The first kappa shape index (κ1) is 17.3. The second-order valence-corrected chi connectivity index (χ2v) is 6.53. The summed E-state index contributed by atoms with van der Waals surface area (Å²) >= 11 is 0. The molecule has 1 aliphatic rings. The highest BCUT2D eigenvalue weighted by Gasteiger charge is 2.29. The lowest BCUT2D eigenvalue weighted by Crippen LogP contribution is -2.38. The molecule has 1 saturated heterocycles. The van der Waals surface area contributed by atoms with Crippen LogP contribution in [0, 0.1) is 12.7 Å². The molecule has 138 valence electrons. The van der Waals surface area contributed by atoms with Gasteiger partial charge < -0.3 is 9.32 Å². The van der Waals surface area contributed by atoms with Crippen LogP contribution in [0.15, 0.2) is 41.1 Å². The lowest BCUT2D eigenvalue weighted by atomic mass is 9.96. The van der Waals surface area contributed by atoms with E-state index in [9.17, 15) is 9.18 Å². The van der Waals surface area contributed by atoms with Gasteiger partial charge in [-0.25, -0.2) is 9.37 Å². The molecule has 1 amide bonds. The van der Waals surface area contributed by atoms with Crippen molar-refractivity contribution in [3.8, 4) is 11.6 Å².